The number of nitrogens with zero attached hydrogens (tertiary/aromatic N) is 4. The van der Waals surface area contributed by atoms with E-state index in [-0.39, 0.29) is 0 Å². The van der Waals surface area contributed by atoms with Crippen molar-refractivity contribution in [3.63, 3.8) is 0 Å². The second kappa shape index (κ2) is 15.1. The van der Waals surface area contributed by atoms with Gasteiger partial charge in [-0.3, -0.25) is 4.57 Å². The molecule has 72 heavy (non-hydrogen) atoms. The zero-order chi connectivity index (χ0) is 47.0. The number of rotatable bonds is 5. The molecule has 0 unspecified atom stereocenters. The molecule has 2 aliphatic carbocycles. The molecule has 0 saturated heterocycles. The van der Waals surface area contributed by atoms with Crippen LogP contribution in [0.25, 0.3) is 150 Å². The Balaban J connectivity index is 0.932. The molecule has 334 valence electrons. The molecule has 0 N–H and O–H groups in total. The van der Waals surface area contributed by atoms with E-state index in [2.05, 4.69) is 240 Å². The van der Waals surface area contributed by atoms with Crippen molar-refractivity contribution in [3.05, 3.63) is 236 Å². The van der Waals surface area contributed by atoms with Crippen LogP contribution in [-0.2, 0) is 6.42 Å². The van der Waals surface area contributed by atoms with Gasteiger partial charge >= 0.3 is 0 Å². The summed E-state index contributed by atoms with van der Waals surface area (Å²) in [6, 6.07) is 80.3. The van der Waals surface area contributed by atoms with Gasteiger partial charge in [0, 0.05) is 38.2 Å². The van der Waals surface area contributed by atoms with Crippen molar-refractivity contribution in [2.75, 3.05) is 0 Å². The number of fused-ring (bicyclic) bond motifs is 15. The standard InChI is InChI=1S/C68H42N4/c1-3-14-41(15-4-1)42-26-28-45(29-27-42)67-66-50-21-10-8-16-43(50)30-34-58(66)69-68(70-67)72-60-36-33-47(39-57(60)64-49-20-9-7-17-44(49)31-37-61(64)72)46-32-35-59-56(38-46)65-54-25-13-24-53-51-22-11-12-23-52(51)55(63(53)54)40-62(65)71(59)48-18-5-2-6-19-48/h1-9,11-20,22-40H,10,21H2. The Morgan fingerprint density at radius 1 is 0.361 bits per heavy atom. The summed E-state index contributed by atoms with van der Waals surface area (Å²) >= 11 is 0. The highest BCUT2D eigenvalue weighted by Crippen LogP contribution is 2.52. The number of allylic oxidation sites excluding steroid dienone is 1. The third-order valence-corrected chi connectivity index (χ3v) is 15.7. The lowest BCUT2D eigenvalue weighted by molar-refractivity contribution is 0.983. The molecule has 0 saturated carbocycles. The van der Waals surface area contributed by atoms with Crippen molar-refractivity contribution in [1.29, 1.82) is 0 Å². The maximum Gasteiger partial charge on any atom is 0.235 e. The molecule has 0 radical (unpaired) electrons. The third kappa shape index (κ3) is 5.63. The summed E-state index contributed by atoms with van der Waals surface area (Å²) in [6.07, 6.45) is 6.49. The minimum absolute atomic E-state index is 0.666. The average molecular weight is 915 g/mol. The van der Waals surface area contributed by atoms with E-state index in [1.165, 1.54) is 104 Å². The zero-order valence-electron chi connectivity index (χ0n) is 39.1. The van der Waals surface area contributed by atoms with Crippen molar-refractivity contribution in [2.45, 2.75) is 12.8 Å². The van der Waals surface area contributed by atoms with Crippen LogP contribution in [0.4, 0.5) is 0 Å². The van der Waals surface area contributed by atoms with Crippen LogP contribution >= 0.6 is 0 Å². The first-order valence-electron chi connectivity index (χ1n) is 25.0. The summed E-state index contributed by atoms with van der Waals surface area (Å²) in [4.78, 5) is 11.2. The van der Waals surface area contributed by atoms with Crippen LogP contribution in [0.15, 0.2) is 224 Å². The van der Waals surface area contributed by atoms with Gasteiger partial charge in [-0.05, 0) is 145 Å². The first kappa shape index (κ1) is 39.5. The monoisotopic (exact) mass is 914 g/mol. The van der Waals surface area contributed by atoms with Gasteiger partial charge in [0.1, 0.15) is 0 Å². The van der Waals surface area contributed by atoms with E-state index in [1.54, 1.807) is 0 Å². The summed E-state index contributed by atoms with van der Waals surface area (Å²) in [5, 5.41) is 11.1. The highest BCUT2D eigenvalue weighted by atomic mass is 15.2. The van der Waals surface area contributed by atoms with Crippen LogP contribution in [0.3, 0.4) is 0 Å². The largest absolute Gasteiger partial charge is 0.309 e. The SMILES string of the molecule is C1=Cc2ccc3nc(-n4c5ccc(-c6ccc7c(c6)c6c8cccc9c8c(cc6n7-c6ccccc6)-c6ccccc6-9)cc5c5c6ccccc6ccc54)nc(-c4ccc(-c5ccccc5)cc4)c3c2CC1. The molecule has 14 aromatic rings. The molecular formula is C68H42N4. The fourth-order valence-corrected chi connectivity index (χ4v) is 12.5. The summed E-state index contributed by atoms with van der Waals surface area (Å²) in [5.74, 6) is 0.666. The molecule has 0 atom stereocenters. The van der Waals surface area contributed by atoms with Gasteiger partial charge in [-0.1, -0.05) is 176 Å². The maximum atomic E-state index is 5.66. The Bertz CT molecular complexity index is 4650. The average Bonchev–Trinajstić information content (AvgIpc) is 4.09. The minimum Gasteiger partial charge on any atom is -0.309 e. The number of aromatic nitrogens is 4. The van der Waals surface area contributed by atoms with Gasteiger partial charge in [0.2, 0.25) is 5.95 Å². The number of aryl methyl sites for hydroxylation is 1. The molecule has 0 fully saturated rings. The normalized spacial score (nSPS) is 12.8. The van der Waals surface area contributed by atoms with Crippen molar-refractivity contribution in [1.82, 2.24) is 19.1 Å². The molecule has 4 heteroatoms. The summed E-state index contributed by atoms with van der Waals surface area (Å²) in [7, 11) is 0. The van der Waals surface area contributed by atoms with Gasteiger partial charge in [-0.15, -0.1) is 0 Å². The number of benzene rings is 11. The Morgan fingerprint density at radius 2 is 0.986 bits per heavy atom. The lowest BCUT2D eigenvalue weighted by atomic mass is 9.91. The van der Waals surface area contributed by atoms with E-state index in [0.29, 0.717) is 5.95 Å². The van der Waals surface area contributed by atoms with Gasteiger partial charge in [-0.2, -0.15) is 0 Å². The maximum absolute atomic E-state index is 5.66. The fourth-order valence-electron chi connectivity index (χ4n) is 12.5. The molecule has 11 aromatic carbocycles. The molecule has 3 heterocycles. The van der Waals surface area contributed by atoms with Gasteiger partial charge in [0.05, 0.1) is 33.3 Å². The second-order valence-electron chi connectivity index (χ2n) is 19.5. The molecule has 3 aromatic heterocycles. The third-order valence-electron chi connectivity index (χ3n) is 15.7. The predicted octanol–water partition coefficient (Wildman–Crippen LogP) is 17.7. The highest BCUT2D eigenvalue weighted by molar-refractivity contribution is 6.30. The van der Waals surface area contributed by atoms with Crippen molar-refractivity contribution in [2.24, 2.45) is 0 Å². The fraction of sp³-hybridized carbons (Fsp3) is 0.0294. The first-order chi connectivity index (χ1) is 35.7. The highest BCUT2D eigenvalue weighted by Gasteiger charge is 2.27. The lowest BCUT2D eigenvalue weighted by Crippen LogP contribution is -2.06. The topological polar surface area (TPSA) is 35.6 Å². The van der Waals surface area contributed by atoms with Crippen molar-refractivity contribution >= 4 is 82.1 Å². The molecule has 0 amide bonds. The number of hydrogen-bond donors (Lipinski definition) is 0. The molecule has 2 aliphatic rings. The van der Waals surface area contributed by atoms with E-state index < -0.39 is 0 Å². The van der Waals surface area contributed by atoms with Crippen LogP contribution in [-0.4, -0.2) is 19.1 Å². The summed E-state index contributed by atoms with van der Waals surface area (Å²) < 4.78 is 4.77. The van der Waals surface area contributed by atoms with Gasteiger partial charge in [0.25, 0.3) is 0 Å². The molecule has 16 rings (SSSR count). The molecule has 0 spiro atoms. The quantitative estimate of drug-likeness (QED) is 0.172. The van der Waals surface area contributed by atoms with Crippen LogP contribution in [0.5, 0.6) is 0 Å². The number of hydrogen-bond acceptors (Lipinski definition) is 2. The van der Waals surface area contributed by atoms with Crippen molar-refractivity contribution in [3.8, 4) is 67.4 Å². The first-order valence-corrected chi connectivity index (χ1v) is 25.0. The Kier molecular flexibility index (Phi) is 8.25. The Hall–Kier alpha value is -9.38. The second-order valence-corrected chi connectivity index (χ2v) is 19.5. The van der Waals surface area contributed by atoms with Crippen LogP contribution in [0, 0.1) is 0 Å². The van der Waals surface area contributed by atoms with E-state index in [1.807, 2.05) is 0 Å². The smallest absolute Gasteiger partial charge is 0.235 e. The van der Waals surface area contributed by atoms with Crippen LogP contribution in [0.2, 0.25) is 0 Å². The van der Waals surface area contributed by atoms with E-state index in [4.69, 9.17) is 9.97 Å². The number of para-hydroxylation sites is 1. The Morgan fingerprint density at radius 3 is 1.79 bits per heavy atom. The van der Waals surface area contributed by atoms with Crippen molar-refractivity contribution < 1.29 is 0 Å². The van der Waals surface area contributed by atoms with E-state index >= 15 is 0 Å². The molecule has 4 nitrogen and oxygen atoms in total. The van der Waals surface area contributed by atoms with E-state index in [0.717, 1.165) is 57.3 Å². The van der Waals surface area contributed by atoms with Gasteiger partial charge < -0.3 is 4.57 Å². The van der Waals surface area contributed by atoms with Crippen LogP contribution < -0.4 is 0 Å². The molecule has 0 aliphatic heterocycles. The minimum atomic E-state index is 0.666. The predicted molar refractivity (Wildman–Crippen MR) is 301 cm³/mol. The summed E-state index contributed by atoms with van der Waals surface area (Å²) in [6.45, 7) is 0. The summed E-state index contributed by atoms with van der Waals surface area (Å²) in [5.41, 5.74) is 21.2. The Labute approximate surface area is 415 Å². The molecular weight excluding hydrogens is 873 g/mol. The van der Waals surface area contributed by atoms with Gasteiger partial charge in [-0.25, -0.2) is 9.97 Å². The lowest BCUT2D eigenvalue weighted by Gasteiger charge is -2.18. The zero-order valence-corrected chi connectivity index (χ0v) is 39.1. The molecule has 0 bridgehead atoms. The van der Waals surface area contributed by atoms with Gasteiger partial charge in [0.15, 0.2) is 0 Å². The van der Waals surface area contributed by atoms with E-state index in [9.17, 15) is 0 Å². The van der Waals surface area contributed by atoms with Crippen LogP contribution in [0.1, 0.15) is 17.5 Å².